The Morgan fingerprint density at radius 3 is 2.80 bits per heavy atom. The lowest BCUT2D eigenvalue weighted by molar-refractivity contribution is -0.130. The van der Waals surface area contributed by atoms with Crippen LogP contribution in [0.2, 0.25) is 0 Å². The number of carbonyl (C=O) groups excluding carboxylic acids is 1. The molecule has 86 valence electrons. The molecule has 3 unspecified atom stereocenters. The summed E-state index contributed by atoms with van der Waals surface area (Å²) in [7, 11) is 0. The summed E-state index contributed by atoms with van der Waals surface area (Å²) in [4.78, 5) is 12.2. The molecule has 0 spiro atoms. The number of amides is 1. The monoisotopic (exact) mass is 275 g/mol. The van der Waals surface area contributed by atoms with Gasteiger partial charge in [0.25, 0.3) is 0 Å². The van der Waals surface area contributed by atoms with Crippen molar-refractivity contribution in [2.75, 3.05) is 13.2 Å². The Hall–Kier alpha value is -0.0900. The van der Waals surface area contributed by atoms with Crippen LogP contribution in [0.5, 0.6) is 0 Å². The summed E-state index contributed by atoms with van der Waals surface area (Å²) in [6, 6.07) is 0. The Morgan fingerprint density at radius 1 is 1.33 bits per heavy atom. The molecule has 1 saturated carbocycles. The van der Waals surface area contributed by atoms with Gasteiger partial charge >= 0.3 is 0 Å². The van der Waals surface area contributed by atoms with E-state index in [1.807, 2.05) is 0 Å². The highest BCUT2D eigenvalue weighted by Crippen LogP contribution is 2.30. The molecule has 3 atom stereocenters. The van der Waals surface area contributed by atoms with Gasteiger partial charge in [-0.2, -0.15) is 0 Å². The summed E-state index contributed by atoms with van der Waals surface area (Å²) in [5, 5.41) is 3.00. The maximum atomic E-state index is 11.7. The molecular weight excluding hydrogens is 258 g/mol. The first-order valence-electron chi connectivity index (χ1n) is 5.81. The molecule has 2 aliphatic rings. The van der Waals surface area contributed by atoms with E-state index in [0.717, 1.165) is 26.0 Å². The van der Waals surface area contributed by atoms with Crippen molar-refractivity contribution in [1.29, 1.82) is 0 Å². The number of alkyl halides is 1. The van der Waals surface area contributed by atoms with E-state index in [1.165, 1.54) is 19.3 Å². The number of hydrogen-bond donors (Lipinski definition) is 1. The van der Waals surface area contributed by atoms with Crippen LogP contribution in [0.4, 0.5) is 0 Å². The lowest BCUT2D eigenvalue weighted by Gasteiger charge is -2.16. The molecule has 1 aliphatic heterocycles. The van der Waals surface area contributed by atoms with Gasteiger partial charge in [0.05, 0.1) is 0 Å². The Morgan fingerprint density at radius 2 is 2.20 bits per heavy atom. The summed E-state index contributed by atoms with van der Waals surface area (Å²) in [5.41, 5.74) is 0. The van der Waals surface area contributed by atoms with Gasteiger partial charge in [-0.25, -0.2) is 0 Å². The molecule has 0 aromatic rings. The van der Waals surface area contributed by atoms with Gasteiger partial charge in [-0.1, -0.05) is 22.4 Å². The molecule has 4 heteroatoms. The minimum atomic E-state index is -0.180. The van der Waals surface area contributed by atoms with Crippen LogP contribution < -0.4 is 5.32 Å². The fourth-order valence-corrected chi connectivity index (χ4v) is 3.13. The normalized spacial score (nSPS) is 35.7. The van der Waals surface area contributed by atoms with E-state index in [4.69, 9.17) is 4.74 Å². The van der Waals surface area contributed by atoms with Gasteiger partial charge in [-0.3, -0.25) is 4.79 Å². The van der Waals surface area contributed by atoms with E-state index < -0.39 is 0 Å². The van der Waals surface area contributed by atoms with Crippen molar-refractivity contribution in [3.05, 3.63) is 0 Å². The Kier molecular flexibility index (Phi) is 4.03. The molecule has 1 N–H and O–H groups in total. The van der Waals surface area contributed by atoms with Crippen LogP contribution in [0.1, 0.15) is 32.1 Å². The van der Waals surface area contributed by atoms with Crippen LogP contribution in [-0.4, -0.2) is 30.0 Å². The van der Waals surface area contributed by atoms with Gasteiger partial charge in [-0.15, -0.1) is 0 Å². The topological polar surface area (TPSA) is 38.3 Å². The Balaban J connectivity index is 1.70. The molecule has 0 aromatic carbocycles. The zero-order valence-corrected chi connectivity index (χ0v) is 10.5. The summed E-state index contributed by atoms with van der Waals surface area (Å²) in [5.74, 6) is 0.689. The van der Waals surface area contributed by atoms with Crippen LogP contribution >= 0.6 is 15.9 Å². The van der Waals surface area contributed by atoms with Crippen molar-refractivity contribution in [2.24, 2.45) is 5.92 Å². The number of nitrogens with one attached hydrogen (secondary N) is 1. The summed E-state index contributed by atoms with van der Waals surface area (Å²) in [6.07, 6.45) is 5.45. The van der Waals surface area contributed by atoms with E-state index in [2.05, 4.69) is 21.2 Å². The third-order valence-corrected chi connectivity index (χ3v) is 4.53. The second-order valence-electron chi connectivity index (χ2n) is 4.45. The second kappa shape index (κ2) is 5.30. The predicted molar refractivity (Wildman–Crippen MR) is 62.0 cm³/mol. The van der Waals surface area contributed by atoms with E-state index in [1.54, 1.807) is 0 Å². The zero-order valence-electron chi connectivity index (χ0n) is 8.88. The molecule has 1 amide bonds. The van der Waals surface area contributed by atoms with Crippen molar-refractivity contribution in [3.8, 4) is 0 Å². The van der Waals surface area contributed by atoms with Crippen molar-refractivity contribution in [3.63, 3.8) is 0 Å². The molecule has 15 heavy (non-hydrogen) atoms. The van der Waals surface area contributed by atoms with Crippen LogP contribution in [0.3, 0.4) is 0 Å². The van der Waals surface area contributed by atoms with Gasteiger partial charge in [0.2, 0.25) is 5.91 Å². The predicted octanol–water partition coefficient (Wildman–Crippen LogP) is 1.85. The first-order chi connectivity index (χ1) is 7.27. The Bertz CT molecular complexity index is 229. The van der Waals surface area contributed by atoms with E-state index >= 15 is 0 Å². The molecule has 0 bridgehead atoms. The number of hydrogen-bond acceptors (Lipinski definition) is 2. The SMILES string of the molecule is O=C(NCC1CCCC1Br)C1CCCO1. The highest BCUT2D eigenvalue weighted by molar-refractivity contribution is 9.09. The van der Waals surface area contributed by atoms with Crippen LogP contribution in [0, 0.1) is 5.92 Å². The number of carbonyl (C=O) groups is 1. The quantitative estimate of drug-likeness (QED) is 0.799. The molecule has 3 nitrogen and oxygen atoms in total. The minimum Gasteiger partial charge on any atom is -0.368 e. The smallest absolute Gasteiger partial charge is 0.249 e. The fourth-order valence-electron chi connectivity index (χ4n) is 2.35. The van der Waals surface area contributed by atoms with E-state index in [-0.39, 0.29) is 12.0 Å². The first-order valence-corrected chi connectivity index (χ1v) is 6.72. The van der Waals surface area contributed by atoms with Crippen LogP contribution in [0.25, 0.3) is 0 Å². The molecule has 1 heterocycles. The lowest BCUT2D eigenvalue weighted by Crippen LogP contribution is -2.38. The summed E-state index contributed by atoms with van der Waals surface area (Å²) in [6.45, 7) is 1.54. The van der Waals surface area contributed by atoms with Crippen molar-refractivity contribution in [1.82, 2.24) is 5.32 Å². The number of ether oxygens (including phenoxy) is 1. The summed E-state index contributed by atoms with van der Waals surface area (Å²) < 4.78 is 5.33. The van der Waals surface area contributed by atoms with Gasteiger partial charge in [0, 0.05) is 18.0 Å². The molecule has 0 radical (unpaired) electrons. The second-order valence-corrected chi connectivity index (χ2v) is 5.63. The molecular formula is C11H18BrNO2. The lowest BCUT2D eigenvalue weighted by atomic mass is 10.1. The maximum Gasteiger partial charge on any atom is 0.249 e. The van der Waals surface area contributed by atoms with Gasteiger partial charge in [-0.05, 0) is 31.6 Å². The van der Waals surface area contributed by atoms with E-state index in [9.17, 15) is 4.79 Å². The molecule has 2 rings (SSSR count). The standard InChI is InChI=1S/C11H18BrNO2/c12-9-4-1-3-8(9)7-13-11(14)10-5-2-6-15-10/h8-10H,1-7H2,(H,13,14). The van der Waals surface area contributed by atoms with E-state index in [0.29, 0.717) is 10.7 Å². The van der Waals surface area contributed by atoms with Gasteiger partial charge in [0.1, 0.15) is 6.10 Å². The average Bonchev–Trinajstić information content (AvgIpc) is 2.85. The maximum absolute atomic E-state index is 11.7. The van der Waals surface area contributed by atoms with Crippen molar-refractivity contribution >= 4 is 21.8 Å². The van der Waals surface area contributed by atoms with Crippen LogP contribution in [0.15, 0.2) is 0 Å². The first kappa shape index (κ1) is 11.4. The molecule has 0 aromatic heterocycles. The third kappa shape index (κ3) is 2.94. The van der Waals surface area contributed by atoms with Crippen molar-refractivity contribution < 1.29 is 9.53 Å². The molecule has 1 saturated heterocycles. The molecule has 1 aliphatic carbocycles. The third-order valence-electron chi connectivity index (χ3n) is 3.33. The summed E-state index contributed by atoms with van der Waals surface area (Å²) >= 11 is 3.66. The highest BCUT2D eigenvalue weighted by atomic mass is 79.9. The molecule has 2 fully saturated rings. The number of halogens is 1. The van der Waals surface area contributed by atoms with Gasteiger partial charge < -0.3 is 10.1 Å². The van der Waals surface area contributed by atoms with Crippen LogP contribution in [-0.2, 0) is 9.53 Å². The average molecular weight is 276 g/mol. The van der Waals surface area contributed by atoms with Crippen molar-refractivity contribution in [2.45, 2.75) is 43.0 Å². The number of rotatable bonds is 3. The minimum absolute atomic E-state index is 0.0825. The zero-order chi connectivity index (χ0) is 10.7. The van der Waals surface area contributed by atoms with Gasteiger partial charge in [0.15, 0.2) is 0 Å². The highest BCUT2D eigenvalue weighted by Gasteiger charge is 2.27. The fraction of sp³-hybridized carbons (Fsp3) is 0.909. The largest absolute Gasteiger partial charge is 0.368 e. The Labute approximate surface area is 99.1 Å².